The highest BCUT2D eigenvalue weighted by atomic mass is 32.2. The van der Waals surface area contributed by atoms with Crippen molar-refractivity contribution in [2.24, 2.45) is 0 Å². The van der Waals surface area contributed by atoms with E-state index in [9.17, 15) is 8.42 Å². The lowest BCUT2D eigenvalue weighted by Crippen LogP contribution is -2.40. The van der Waals surface area contributed by atoms with Gasteiger partial charge in [0.1, 0.15) is 12.1 Å². The average Bonchev–Trinajstić information content (AvgIpc) is 2.75. The Morgan fingerprint density at radius 3 is 2.58 bits per heavy atom. The summed E-state index contributed by atoms with van der Waals surface area (Å²) in [5.74, 6) is 0.721. The lowest BCUT2D eigenvalue weighted by atomic mass is 10.0. The van der Waals surface area contributed by atoms with E-state index in [4.69, 9.17) is 0 Å². The van der Waals surface area contributed by atoms with Gasteiger partial charge in [0.05, 0.1) is 23.2 Å². The van der Waals surface area contributed by atoms with E-state index in [1.54, 1.807) is 13.8 Å². The molecule has 0 saturated heterocycles. The number of benzene rings is 1. The van der Waals surface area contributed by atoms with Gasteiger partial charge in [0, 0.05) is 29.6 Å². The number of hydrogen-bond acceptors (Lipinski definition) is 6. The lowest BCUT2D eigenvalue weighted by molar-refractivity contribution is 0.381. The van der Waals surface area contributed by atoms with E-state index in [-0.39, 0.29) is 6.54 Å². The van der Waals surface area contributed by atoms with Crippen LogP contribution in [-0.2, 0) is 23.0 Å². The minimum absolute atomic E-state index is 0.277. The predicted molar refractivity (Wildman–Crippen MR) is 123 cm³/mol. The third-order valence-corrected chi connectivity index (χ3v) is 7.84. The number of anilines is 2. The van der Waals surface area contributed by atoms with Crippen molar-refractivity contribution >= 4 is 21.5 Å². The lowest BCUT2D eigenvalue weighted by Gasteiger charge is -2.29. The van der Waals surface area contributed by atoms with Crippen LogP contribution in [0, 0.1) is 13.8 Å². The first-order valence-corrected chi connectivity index (χ1v) is 11.9. The Labute approximate surface area is 183 Å². The zero-order chi connectivity index (χ0) is 22.2. The topological polar surface area (TPSA) is 88.1 Å². The smallest absolute Gasteiger partial charge is 0.216 e. The van der Waals surface area contributed by atoms with E-state index >= 15 is 0 Å². The molecule has 3 heterocycles. The number of nitrogens with zero attached hydrogens (tertiary/aromatic N) is 4. The Kier molecular flexibility index (Phi) is 5.77. The maximum Gasteiger partial charge on any atom is 0.216 e. The quantitative estimate of drug-likeness (QED) is 0.649. The summed E-state index contributed by atoms with van der Waals surface area (Å²) in [4.78, 5) is 13.4. The van der Waals surface area contributed by atoms with Crippen LogP contribution in [0.2, 0.25) is 0 Å². The fourth-order valence-corrected chi connectivity index (χ4v) is 4.94. The van der Waals surface area contributed by atoms with Gasteiger partial charge in [-0.3, -0.25) is 4.98 Å². The third-order valence-electron chi connectivity index (χ3n) is 5.62. The van der Waals surface area contributed by atoms with Crippen molar-refractivity contribution in [2.75, 3.05) is 11.9 Å². The molecule has 0 spiro atoms. The summed E-state index contributed by atoms with van der Waals surface area (Å²) in [5.41, 5.74) is 6.86. The molecule has 0 aliphatic carbocycles. The highest BCUT2D eigenvalue weighted by Gasteiger charge is 2.31. The van der Waals surface area contributed by atoms with Gasteiger partial charge in [-0.25, -0.2) is 18.4 Å². The molecule has 0 radical (unpaired) electrons. The van der Waals surface area contributed by atoms with Gasteiger partial charge in [0.15, 0.2) is 0 Å². The molecule has 4 rings (SSSR count). The van der Waals surface area contributed by atoms with E-state index in [1.807, 2.05) is 25.3 Å². The number of hydrogen-bond donors (Lipinski definition) is 1. The van der Waals surface area contributed by atoms with Crippen LogP contribution in [0.1, 0.15) is 36.2 Å². The minimum atomic E-state index is -3.31. The Morgan fingerprint density at radius 2 is 1.87 bits per heavy atom. The molecule has 0 atom stereocenters. The molecule has 0 bridgehead atoms. The van der Waals surface area contributed by atoms with Crippen LogP contribution in [0.5, 0.6) is 0 Å². The first kappa shape index (κ1) is 21.4. The van der Waals surface area contributed by atoms with Gasteiger partial charge in [-0.2, -0.15) is 4.31 Å². The number of fused-ring (bicyclic) bond motifs is 1. The molecule has 0 fully saturated rings. The molecular formula is C23H27N5O2S. The fraction of sp³-hybridized carbons (Fsp3) is 0.348. The van der Waals surface area contributed by atoms with Crippen LogP contribution in [-0.4, -0.2) is 39.5 Å². The van der Waals surface area contributed by atoms with Crippen molar-refractivity contribution in [1.82, 2.24) is 19.3 Å². The number of aromatic nitrogens is 3. The minimum Gasteiger partial charge on any atom is -0.340 e. The summed E-state index contributed by atoms with van der Waals surface area (Å²) in [6.07, 6.45) is 3.93. The van der Waals surface area contributed by atoms with Crippen molar-refractivity contribution in [3.05, 3.63) is 65.2 Å². The summed E-state index contributed by atoms with van der Waals surface area (Å²) >= 11 is 0. The van der Waals surface area contributed by atoms with Crippen molar-refractivity contribution in [2.45, 2.75) is 45.9 Å². The molecule has 3 aromatic rings. The summed E-state index contributed by atoms with van der Waals surface area (Å²) in [5, 5.41) is 2.96. The molecule has 1 aromatic carbocycles. The number of rotatable bonds is 5. The van der Waals surface area contributed by atoms with Gasteiger partial charge in [-0.15, -0.1) is 0 Å². The summed E-state index contributed by atoms with van der Waals surface area (Å²) in [7, 11) is -3.31. The molecule has 0 saturated carbocycles. The average molecular weight is 438 g/mol. The maximum atomic E-state index is 12.6. The molecule has 8 heteroatoms. The van der Waals surface area contributed by atoms with Crippen LogP contribution < -0.4 is 5.32 Å². The molecule has 1 N–H and O–H groups in total. The van der Waals surface area contributed by atoms with Crippen molar-refractivity contribution in [1.29, 1.82) is 0 Å². The molecular weight excluding hydrogens is 410 g/mol. The normalized spacial score (nSPS) is 14.5. The van der Waals surface area contributed by atoms with E-state index < -0.39 is 15.3 Å². The van der Waals surface area contributed by atoms with Crippen LogP contribution in [0.3, 0.4) is 0 Å². The predicted octanol–water partition coefficient (Wildman–Crippen LogP) is 4.00. The summed E-state index contributed by atoms with van der Waals surface area (Å²) < 4.78 is 26.6. The van der Waals surface area contributed by atoms with Gasteiger partial charge >= 0.3 is 0 Å². The van der Waals surface area contributed by atoms with Gasteiger partial charge < -0.3 is 5.32 Å². The first-order valence-electron chi connectivity index (χ1n) is 10.4. The molecule has 1 aliphatic rings. The monoisotopic (exact) mass is 437 g/mol. The Hall–Kier alpha value is -2.84. The molecule has 0 unspecified atom stereocenters. The van der Waals surface area contributed by atoms with Crippen LogP contribution in [0.15, 0.2) is 42.9 Å². The van der Waals surface area contributed by atoms with E-state index in [2.05, 4.69) is 45.4 Å². The maximum absolute atomic E-state index is 12.6. The Balaban J connectivity index is 1.62. The zero-order valence-electron chi connectivity index (χ0n) is 18.3. The number of aryl methyl sites for hydroxylation is 2. The van der Waals surface area contributed by atoms with Crippen molar-refractivity contribution in [3.63, 3.8) is 0 Å². The van der Waals surface area contributed by atoms with Gasteiger partial charge in [-0.05, 0) is 63.4 Å². The number of pyridine rings is 1. The number of nitrogens with one attached hydrogen (secondary N) is 1. The van der Waals surface area contributed by atoms with Crippen LogP contribution in [0.25, 0.3) is 11.3 Å². The van der Waals surface area contributed by atoms with Gasteiger partial charge in [0.2, 0.25) is 10.0 Å². The Morgan fingerprint density at radius 1 is 1.06 bits per heavy atom. The zero-order valence-corrected chi connectivity index (χ0v) is 19.1. The van der Waals surface area contributed by atoms with Crippen LogP contribution in [0.4, 0.5) is 11.5 Å². The Bertz CT molecular complexity index is 1210. The summed E-state index contributed by atoms with van der Waals surface area (Å²) in [6, 6.07) is 10.2. The SMILES string of the molecule is Cc1ccc(-c2cc(Nc3ncnc4c3CCN(S(=O)(=O)C(C)C)C4)ccc2C)nc1. The fourth-order valence-electron chi connectivity index (χ4n) is 3.69. The molecule has 31 heavy (non-hydrogen) atoms. The second kappa shape index (κ2) is 8.36. The molecule has 7 nitrogen and oxygen atoms in total. The largest absolute Gasteiger partial charge is 0.340 e. The van der Waals surface area contributed by atoms with Crippen LogP contribution >= 0.6 is 0 Å². The van der Waals surface area contributed by atoms with E-state index in [1.165, 1.54) is 10.6 Å². The third kappa shape index (κ3) is 4.31. The molecule has 0 amide bonds. The second-order valence-electron chi connectivity index (χ2n) is 8.20. The summed E-state index contributed by atoms with van der Waals surface area (Å²) in [6.45, 7) is 8.21. The highest BCUT2D eigenvalue weighted by Crippen LogP contribution is 2.30. The van der Waals surface area contributed by atoms with Crippen molar-refractivity contribution in [3.8, 4) is 11.3 Å². The molecule has 2 aromatic heterocycles. The second-order valence-corrected chi connectivity index (χ2v) is 10.7. The highest BCUT2D eigenvalue weighted by molar-refractivity contribution is 7.89. The van der Waals surface area contributed by atoms with Gasteiger partial charge in [-0.1, -0.05) is 12.1 Å². The molecule has 162 valence electrons. The van der Waals surface area contributed by atoms with E-state index in [0.717, 1.165) is 45.1 Å². The van der Waals surface area contributed by atoms with Gasteiger partial charge in [0.25, 0.3) is 0 Å². The van der Waals surface area contributed by atoms with E-state index in [0.29, 0.717) is 13.0 Å². The standard InChI is InChI=1S/C23H27N5O2S/c1-15(2)31(29,30)28-10-9-19-22(13-28)25-14-26-23(19)27-18-7-6-17(4)20(11-18)21-8-5-16(3)12-24-21/h5-8,11-12,14-15H,9-10,13H2,1-4H3,(H,25,26,27). The molecule has 1 aliphatic heterocycles. The number of sulfonamides is 1. The first-order chi connectivity index (χ1) is 14.8. The van der Waals surface area contributed by atoms with Crippen molar-refractivity contribution < 1.29 is 8.42 Å².